The third kappa shape index (κ3) is 6.70. The van der Waals surface area contributed by atoms with Crippen molar-refractivity contribution in [1.82, 2.24) is 9.13 Å². The molecule has 11 rings (SSSR count). The van der Waals surface area contributed by atoms with Gasteiger partial charge >= 0.3 is 0 Å². The molecule has 0 amide bonds. The molecule has 64 heavy (non-hydrogen) atoms. The van der Waals surface area contributed by atoms with Crippen LogP contribution in [-0.4, -0.2) is 9.13 Å². The summed E-state index contributed by atoms with van der Waals surface area (Å²) in [6, 6.07) is 66.8. The number of nitrogens with zero attached hydrogens (tertiary/aromatic N) is 2. The van der Waals surface area contributed by atoms with E-state index < -0.39 is 0 Å². The lowest BCUT2D eigenvalue weighted by molar-refractivity contribution is 0.591. The van der Waals surface area contributed by atoms with Crippen molar-refractivity contribution in [1.29, 1.82) is 0 Å². The molecule has 0 spiro atoms. The topological polar surface area (TPSA) is 9.86 Å². The number of rotatable bonds is 10. The average molecular weight is 829 g/mol. The van der Waals surface area contributed by atoms with E-state index in [-0.39, 0.29) is 5.41 Å². The van der Waals surface area contributed by atoms with Gasteiger partial charge in [-0.1, -0.05) is 181 Å². The zero-order valence-corrected chi connectivity index (χ0v) is 37.9. The predicted molar refractivity (Wildman–Crippen MR) is 278 cm³/mol. The molecule has 0 fully saturated rings. The van der Waals surface area contributed by atoms with Gasteiger partial charge in [0.25, 0.3) is 0 Å². The van der Waals surface area contributed by atoms with Crippen LogP contribution in [0.2, 0.25) is 0 Å². The molecule has 2 nitrogen and oxygen atoms in total. The Kier molecular flexibility index (Phi) is 9.99. The fraction of sp³-hybridized carbons (Fsp3) is 0.194. The third-order valence-electron chi connectivity index (χ3n) is 13.9. The second kappa shape index (κ2) is 16.0. The maximum Gasteiger partial charge on any atom is 0.0491 e. The highest BCUT2D eigenvalue weighted by molar-refractivity contribution is 6.22. The van der Waals surface area contributed by atoms with E-state index in [0.717, 1.165) is 13.1 Å². The van der Waals surface area contributed by atoms with Gasteiger partial charge in [-0.2, -0.15) is 0 Å². The van der Waals surface area contributed by atoms with Gasteiger partial charge in [0, 0.05) is 56.7 Å². The molecule has 0 aliphatic carbocycles. The van der Waals surface area contributed by atoms with E-state index in [1.807, 2.05) is 0 Å². The number of para-hydroxylation sites is 2. The van der Waals surface area contributed by atoms with E-state index in [1.54, 1.807) is 0 Å². The van der Waals surface area contributed by atoms with Gasteiger partial charge in [-0.05, 0) is 132 Å². The Balaban J connectivity index is 1.02. The lowest BCUT2D eigenvalue weighted by atomic mass is 9.81. The maximum absolute atomic E-state index is 2.51. The van der Waals surface area contributed by atoms with Crippen molar-refractivity contribution in [2.45, 2.75) is 78.8 Å². The van der Waals surface area contributed by atoms with E-state index in [9.17, 15) is 0 Å². The highest BCUT2D eigenvalue weighted by Gasteiger charge is 2.21. The molecule has 2 heteroatoms. The lowest BCUT2D eigenvalue weighted by Crippen LogP contribution is -2.10. The van der Waals surface area contributed by atoms with Crippen LogP contribution in [0.4, 0.5) is 0 Å². The van der Waals surface area contributed by atoms with Gasteiger partial charge < -0.3 is 9.13 Å². The molecule has 9 aromatic carbocycles. The minimum atomic E-state index is 0.00445. The van der Waals surface area contributed by atoms with Crippen LogP contribution >= 0.6 is 0 Å². The van der Waals surface area contributed by atoms with Crippen LogP contribution < -0.4 is 0 Å². The van der Waals surface area contributed by atoms with E-state index in [1.165, 1.54) is 141 Å². The fourth-order valence-corrected chi connectivity index (χ4v) is 10.5. The van der Waals surface area contributed by atoms with Crippen molar-refractivity contribution in [3.8, 4) is 44.5 Å². The summed E-state index contributed by atoms with van der Waals surface area (Å²) in [5.74, 6) is 0. The van der Waals surface area contributed by atoms with Crippen LogP contribution in [0.25, 0.3) is 110 Å². The molecule has 0 saturated carbocycles. The first kappa shape index (κ1) is 39.9. The van der Waals surface area contributed by atoms with E-state index in [4.69, 9.17) is 0 Å². The molecule has 0 bridgehead atoms. The average Bonchev–Trinajstić information content (AvgIpc) is 3.82. The molecule has 0 aliphatic heterocycles. The number of unbranched alkanes of at least 4 members (excludes halogenated alkanes) is 2. The molecule has 0 N–H and O–H groups in total. The standard InChI is InChI=1S/C62H56N2/c1-6-8-36-63-56-20-14-12-16-48(56)53-38-45(30-34-58(53)63)41-22-26-43(27-23-41)60-50-18-10-11-19-51(50)61(55-40-47(62(3,4)5)32-33-52(55)60)44-28-24-42(25-29-44)46-31-35-59-54(39-46)49-17-13-15-21-57(49)64(59)37-9-7-2/h10-35,38-40H,6-9,36-37H2,1-5H3. The van der Waals surface area contributed by atoms with Gasteiger partial charge in [0.15, 0.2) is 0 Å². The zero-order valence-electron chi connectivity index (χ0n) is 37.9. The van der Waals surface area contributed by atoms with Crippen molar-refractivity contribution in [2.75, 3.05) is 0 Å². The summed E-state index contributed by atoms with van der Waals surface area (Å²) in [5.41, 5.74) is 16.7. The molecule has 2 aromatic heterocycles. The number of hydrogen-bond acceptors (Lipinski definition) is 0. The van der Waals surface area contributed by atoms with Crippen molar-refractivity contribution >= 4 is 65.2 Å². The summed E-state index contributed by atoms with van der Waals surface area (Å²) in [6.07, 6.45) is 4.72. The first-order valence-corrected chi connectivity index (χ1v) is 23.5. The number of aryl methyl sites for hydroxylation is 2. The summed E-state index contributed by atoms with van der Waals surface area (Å²) in [4.78, 5) is 0. The van der Waals surface area contributed by atoms with Gasteiger partial charge in [-0.3, -0.25) is 0 Å². The number of fused-ring (bicyclic) bond motifs is 8. The van der Waals surface area contributed by atoms with E-state index >= 15 is 0 Å². The Labute approximate surface area is 377 Å². The van der Waals surface area contributed by atoms with Gasteiger partial charge in [-0.15, -0.1) is 0 Å². The monoisotopic (exact) mass is 828 g/mol. The number of hydrogen-bond donors (Lipinski definition) is 0. The van der Waals surface area contributed by atoms with Crippen molar-refractivity contribution in [2.24, 2.45) is 0 Å². The molecule has 314 valence electrons. The van der Waals surface area contributed by atoms with E-state index in [0.29, 0.717) is 0 Å². The smallest absolute Gasteiger partial charge is 0.0491 e. The lowest BCUT2D eigenvalue weighted by Gasteiger charge is -2.23. The number of benzene rings is 9. The molecule has 0 aliphatic rings. The third-order valence-corrected chi connectivity index (χ3v) is 13.9. The first-order valence-electron chi connectivity index (χ1n) is 23.5. The largest absolute Gasteiger partial charge is 0.340 e. The van der Waals surface area contributed by atoms with Gasteiger partial charge in [0.05, 0.1) is 0 Å². The SMILES string of the molecule is CCCCn1c2ccccc2c2cc(-c3ccc(-c4c5ccccc5c(-c5ccc(-c6ccc7c(c6)c6ccccc6n7CCCC)cc5)c5cc(C(C)(C)C)ccc45)cc3)ccc21. The molecular weight excluding hydrogens is 773 g/mol. The Hall–Kier alpha value is -6.90. The molecule has 0 atom stereocenters. The van der Waals surface area contributed by atoms with Crippen molar-refractivity contribution in [3.63, 3.8) is 0 Å². The summed E-state index contributed by atoms with van der Waals surface area (Å²) >= 11 is 0. The maximum atomic E-state index is 2.51. The minimum Gasteiger partial charge on any atom is -0.340 e. The Bertz CT molecular complexity index is 3530. The van der Waals surface area contributed by atoms with Gasteiger partial charge in [0.2, 0.25) is 0 Å². The van der Waals surface area contributed by atoms with Crippen LogP contribution in [0.1, 0.15) is 65.9 Å². The Morgan fingerprint density at radius 2 is 0.703 bits per heavy atom. The molecule has 11 aromatic rings. The molecule has 0 unspecified atom stereocenters. The van der Waals surface area contributed by atoms with Gasteiger partial charge in [-0.25, -0.2) is 0 Å². The minimum absolute atomic E-state index is 0.00445. The molecular formula is C62H56N2. The number of aromatic nitrogens is 2. The summed E-state index contributed by atoms with van der Waals surface area (Å²) in [6.45, 7) is 13.6. The van der Waals surface area contributed by atoms with Gasteiger partial charge in [0.1, 0.15) is 0 Å². The normalized spacial score (nSPS) is 12.2. The molecule has 0 radical (unpaired) electrons. The second-order valence-electron chi connectivity index (χ2n) is 19.0. The van der Waals surface area contributed by atoms with Crippen LogP contribution in [0, 0.1) is 0 Å². The molecule has 2 heterocycles. The van der Waals surface area contributed by atoms with Crippen molar-refractivity contribution in [3.05, 3.63) is 181 Å². The Morgan fingerprint density at radius 1 is 0.328 bits per heavy atom. The van der Waals surface area contributed by atoms with Crippen LogP contribution in [-0.2, 0) is 18.5 Å². The summed E-state index contributed by atoms with van der Waals surface area (Å²) in [7, 11) is 0. The summed E-state index contributed by atoms with van der Waals surface area (Å²) in [5, 5.41) is 10.5. The Morgan fingerprint density at radius 3 is 1.16 bits per heavy atom. The summed E-state index contributed by atoms with van der Waals surface area (Å²) < 4.78 is 5.02. The quantitative estimate of drug-likeness (QED) is 0.122. The second-order valence-corrected chi connectivity index (χ2v) is 19.0. The van der Waals surface area contributed by atoms with Crippen LogP contribution in [0.15, 0.2) is 176 Å². The highest BCUT2D eigenvalue weighted by Crippen LogP contribution is 2.46. The fourth-order valence-electron chi connectivity index (χ4n) is 10.5. The van der Waals surface area contributed by atoms with Crippen molar-refractivity contribution < 1.29 is 0 Å². The van der Waals surface area contributed by atoms with Crippen LogP contribution in [0.5, 0.6) is 0 Å². The zero-order chi connectivity index (χ0) is 43.5. The van der Waals surface area contributed by atoms with E-state index in [2.05, 4.69) is 220 Å². The highest BCUT2D eigenvalue weighted by atomic mass is 15.0. The molecule has 0 saturated heterocycles. The first-order chi connectivity index (χ1) is 31.3. The predicted octanol–water partition coefficient (Wildman–Crippen LogP) is 17.8. The van der Waals surface area contributed by atoms with Crippen LogP contribution in [0.3, 0.4) is 0 Å².